The number of rotatable bonds is 2. The second-order valence-corrected chi connectivity index (χ2v) is 3.45. The topological polar surface area (TPSA) is 12.9 Å². The van der Waals surface area contributed by atoms with Crippen LogP contribution in [0.3, 0.4) is 0 Å². The van der Waals surface area contributed by atoms with Crippen LogP contribution in [0.4, 0.5) is 22.0 Å². The van der Waals surface area contributed by atoms with Gasteiger partial charge in [0, 0.05) is 12.1 Å². The molecule has 1 rings (SSSR count). The first-order valence-electron chi connectivity index (χ1n) is 3.87. The Bertz CT molecular complexity index is 391. The van der Waals surface area contributed by atoms with E-state index in [0.717, 1.165) is 0 Å². The minimum atomic E-state index is -4.96. The van der Waals surface area contributed by atoms with E-state index in [1.54, 1.807) is 0 Å². The quantitative estimate of drug-likeness (QED) is 0.576. The second-order valence-electron chi connectivity index (χ2n) is 2.78. The fourth-order valence-electron chi connectivity index (χ4n) is 1.14. The lowest BCUT2D eigenvalue weighted by Gasteiger charge is -2.15. The van der Waals surface area contributed by atoms with Gasteiger partial charge in [-0.25, -0.2) is 13.8 Å². The normalized spacial score (nSPS) is 12.2. The zero-order valence-corrected chi connectivity index (χ0v) is 8.97. The Kier molecular flexibility index (Phi) is 3.96. The van der Waals surface area contributed by atoms with Crippen molar-refractivity contribution in [2.45, 2.75) is 18.5 Å². The molecule has 0 saturated carbocycles. The molecule has 0 fully saturated rings. The zero-order valence-electron chi connectivity index (χ0n) is 7.45. The van der Waals surface area contributed by atoms with Gasteiger partial charge in [-0.1, -0.05) is 11.6 Å². The Morgan fingerprint density at radius 3 is 2.25 bits per heavy atom. The summed E-state index contributed by atoms with van der Waals surface area (Å²) in [6, 6.07) is 0. The Hall–Kier alpha value is -0.620. The standard InChI is InChI=1S/C8H4Cl2F5N/c9-1-3-4(10)2-16-6(8(13,14)15)5(3)7(11)12/h2,7H,1H2. The van der Waals surface area contributed by atoms with E-state index in [9.17, 15) is 22.0 Å². The van der Waals surface area contributed by atoms with Gasteiger partial charge in [0.25, 0.3) is 6.43 Å². The van der Waals surface area contributed by atoms with Crippen LogP contribution in [0.2, 0.25) is 5.02 Å². The van der Waals surface area contributed by atoms with Gasteiger partial charge in [-0.15, -0.1) is 11.6 Å². The summed E-state index contributed by atoms with van der Waals surface area (Å²) < 4.78 is 62.2. The van der Waals surface area contributed by atoms with Gasteiger partial charge in [-0.3, -0.25) is 0 Å². The molecule has 1 nitrogen and oxygen atoms in total. The summed E-state index contributed by atoms with van der Waals surface area (Å²) in [5.41, 5.74) is -3.35. The Labute approximate surface area is 97.2 Å². The van der Waals surface area contributed by atoms with Crippen molar-refractivity contribution in [1.82, 2.24) is 4.98 Å². The lowest BCUT2D eigenvalue weighted by Crippen LogP contribution is -2.14. The zero-order chi connectivity index (χ0) is 12.5. The summed E-state index contributed by atoms with van der Waals surface area (Å²) in [5, 5.41) is -0.307. The predicted molar refractivity (Wildman–Crippen MR) is 48.8 cm³/mol. The summed E-state index contributed by atoms with van der Waals surface area (Å²) >= 11 is 10.7. The highest BCUT2D eigenvalue weighted by Gasteiger charge is 2.39. The molecule has 1 heterocycles. The summed E-state index contributed by atoms with van der Waals surface area (Å²) in [7, 11) is 0. The van der Waals surface area contributed by atoms with Gasteiger partial charge in [0.15, 0.2) is 5.69 Å². The molecule has 0 aliphatic carbocycles. The number of hydrogen-bond acceptors (Lipinski definition) is 1. The largest absolute Gasteiger partial charge is 0.433 e. The fraction of sp³-hybridized carbons (Fsp3) is 0.375. The van der Waals surface area contributed by atoms with Gasteiger partial charge in [-0.2, -0.15) is 13.2 Å². The Morgan fingerprint density at radius 1 is 1.31 bits per heavy atom. The van der Waals surface area contributed by atoms with Gasteiger partial charge < -0.3 is 0 Å². The van der Waals surface area contributed by atoms with E-state index in [0.29, 0.717) is 6.20 Å². The van der Waals surface area contributed by atoms with Crippen molar-refractivity contribution in [1.29, 1.82) is 0 Å². The van der Waals surface area contributed by atoms with E-state index in [-0.39, 0.29) is 5.02 Å². The fourth-order valence-corrected chi connectivity index (χ4v) is 1.71. The van der Waals surface area contributed by atoms with Gasteiger partial charge in [0.2, 0.25) is 0 Å². The van der Waals surface area contributed by atoms with Crippen LogP contribution in [-0.2, 0) is 12.1 Å². The Morgan fingerprint density at radius 2 is 1.88 bits per heavy atom. The molecule has 0 radical (unpaired) electrons. The first kappa shape index (κ1) is 13.4. The minimum Gasteiger partial charge on any atom is -0.250 e. The summed E-state index contributed by atoms with van der Waals surface area (Å²) in [6.07, 6.45) is -7.64. The van der Waals surface area contributed by atoms with Crippen molar-refractivity contribution < 1.29 is 22.0 Å². The molecule has 1 aromatic heterocycles. The van der Waals surface area contributed by atoms with Crippen LogP contribution in [-0.4, -0.2) is 4.98 Å². The second kappa shape index (κ2) is 4.71. The van der Waals surface area contributed by atoms with E-state index in [4.69, 9.17) is 23.2 Å². The monoisotopic (exact) mass is 279 g/mol. The molecule has 0 amide bonds. The van der Waals surface area contributed by atoms with E-state index in [2.05, 4.69) is 4.98 Å². The van der Waals surface area contributed by atoms with Crippen LogP contribution in [0.15, 0.2) is 6.20 Å². The highest BCUT2D eigenvalue weighted by Crippen LogP contribution is 2.39. The van der Waals surface area contributed by atoms with Crippen molar-refractivity contribution in [2.24, 2.45) is 0 Å². The molecule has 0 unspecified atom stereocenters. The van der Waals surface area contributed by atoms with Gasteiger partial charge >= 0.3 is 6.18 Å². The van der Waals surface area contributed by atoms with E-state index in [1.807, 2.05) is 0 Å². The van der Waals surface area contributed by atoms with Crippen LogP contribution in [0.1, 0.15) is 23.2 Å². The van der Waals surface area contributed by atoms with Crippen LogP contribution < -0.4 is 0 Å². The van der Waals surface area contributed by atoms with Crippen molar-refractivity contribution >= 4 is 23.2 Å². The minimum absolute atomic E-state index is 0.307. The SMILES string of the molecule is FC(F)c1c(C(F)(F)F)ncc(Cl)c1CCl. The third-order valence-electron chi connectivity index (χ3n) is 1.80. The molecule has 0 spiro atoms. The van der Waals surface area contributed by atoms with Gasteiger partial charge in [0.1, 0.15) is 0 Å². The molecule has 0 bridgehead atoms. The van der Waals surface area contributed by atoms with Crippen molar-refractivity contribution in [3.63, 3.8) is 0 Å². The molecule has 0 saturated heterocycles. The molecule has 0 aliphatic heterocycles. The molecule has 0 N–H and O–H groups in total. The number of hydrogen-bond donors (Lipinski definition) is 0. The van der Waals surface area contributed by atoms with Crippen LogP contribution >= 0.6 is 23.2 Å². The molecule has 0 aliphatic rings. The number of alkyl halides is 6. The number of halogens is 7. The predicted octanol–water partition coefficient (Wildman–Crippen LogP) is 4.43. The third-order valence-corrected chi connectivity index (χ3v) is 2.39. The average molecular weight is 280 g/mol. The molecule has 0 aromatic carbocycles. The number of nitrogens with zero attached hydrogens (tertiary/aromatic N) is 1. The maximum atomic E-state index is 12.5. The first-order chi connectivity index (χ1) is 7.29. The Balaban J connectivity index is 3.52. The lowest BCUT2D eigenvalue weighted by molar-refractivity contribution is -0.143. The highest BCUT2D eigenvalue weighted by atomic mass is 35.5. The van der Waals surface area contributed by atoms with Crippen molar-refractivity contribution in [2.75, 3.05) is 0 Å². The van der Waals surface area contributed by atoms with Crippen molar-refractivity contribution in [3.8, 4) is 0 Å². The van der Waals surface area contributed by atoms with Crippen LogP contribution in [0.25, 0.3) is 0 Å². The maximum absolute atomic E-state index is 12.5. The smallest absolute Gasteiger partial charge is 0.250 e. The molecule has 1 aromatic rings. The number of aromatic nitrogens is 1. The molecule has 8 heteroatoms. The summed E-state index contributed by atoms with van der Waals surface area (Å²) in [6.45, 7) is 0. The highest BCUT2D eigenvalue weighted by molar-refractivity contribution is 6.32. The van der Waals surface area contributed by atoms with Crippen LogP contribution in [0.5, 0.6) is 0 Å². The molecular weight excluding hydrogens is 276 g/mol. The summed E-state index contributed by atoms with van der Waals surface area (Å²) in [5.74, 6) is -0.538. The number of pyridine rings is 1. The molecule has 16 heavy (non-hydrogen) atoms. The summed E-state index contributed by atoms with van der Waals surface area (Å²) in [4.78, 5) is 2.88. The van der Waals surface area contributed by atoms with Crippen LogP contribution in [0, 0.1) is 0 Å². The van der Waals surface area contributed by atoms with Crippen molar-refractivity contribution in [3.05, 3.63) is 28.0 Å². The van der Waals surface area contributed by atoms with E-state index < -0.39 is 35.3 Å². The first-order valence-corrected chi connectivity index (χ1v) is 4.78. The average Bonchev–Trinajstić information content (AvgIpc) is 2.14. The lowest BCUT2D eigenvalue weighted by atomic mass is 10.1. The van der Waals surface area contributed by atoms with Gasteiger partial charge in [0.05, 0.1) is 10.6 Å². The molecule has 90 valence electrons. The maximum Gasteiger partial charge on any atom is 0.433 e. The van der Waals surface area contributed by atoms with E-state index >= 15 is 0 Å². The van der Waals surface area contributed by atoms with Gasteiger partial charge in [-0.05, 0) is 5.56 Å². The van der Waals surface area contributed by atoms with E-state index in [1.165, 1.54) is 0 Å². The third kappa shape index (κ3) is 2.55. The molecule has 0 atom stereocenters. The molecular formula is C8H4Cl2F5N.